The van der Waals surface area contributed by atoms with Gasteiger partial charge in [0.2, 0.25) is 5.91 Å². The summed E-state index contributed by atoms with van der Waals surface area (Å²) in [5, 5.41) is 5.31. The van der Waals surface area contributed by atoms with Crippen LogP contribution in [0.25, 0.3) is 0 Å². The maximum Gasteiger partial charge on any atom is 0.326 e. The third kappa shape index (κ3) is 3.26. The predicted octanol–water partition coefficient (Wildman–Crippen LogP) is 3.27. The van der Waals surface area contributed by atoms with Crippen LogP contribution >= 0.6 is 11.6 Å². The average molecular weight is 390 g/mol. The summed E-state index contributed by atoms with van der Waals surface area (Å²) in [6.45, 7) is 2.92. The number of halogens is 2. The second kappa shape index (κ2) is 7.00. The molecule has 8 heteroatoms. The van der Waals surface area contributed by atoms with Crippen molar-refractivity contribution in [2.45, 2.75) is 25.4 Å². The van der Waals surface area contributed by atoms with Crippen LogP contribution in [0.5, 0.6) is 0 Å². The molecule has 0 saturated carbocycles. The first kappa shape index (κ1) is 18.8. The fourth-order valence-corrected chi connectivity index (χ4v) is 3.30. The number of rotatable bonds is 4. The first-order chi connectivity index (χ1) is 12.8. The van der Waals surface area contributed by atoms with Gasteiger partial charge in [0.15, 0.2) is 0 Å². The minimum absolute atomic E-state index is 0.0322. The zero-order chi connectivity index (χ0) is 19.8. The number of amides is 4. The summed E-state index contributed by atoms with van der Waals surface area (Å²) in [6.07, 6.45) is 0. The fourth-order valence-electron chi connectivity index (χ4n) is 2.98. The molecule has 0 radical (unpaired) electrons. The molecule has 2 atom stereocenters. The Labute approximate surface area is 160 Å². The molecule has 0 aromatic heterocycles. The first-order valence-electron chi connectivity index (χ1n) is 8.22. The Hall–Kier alpha value is -2.93. The number of hydrogen-bond acceptors (Lipinski definition) is 3. The Bertz CT molecular complexity index is 936. The summed E-state index contributed by atoms with van der Waals surface area (Å²) in [4.78, 5) is 38.7. The topological polar surface area (TPSA) is 78.5 Å². The molecule has 1 heterocycles. The van der Waals surface area contributed by atoms with Crippen LogP contribution in [0.3, 0.4) is 0 Å². The molecule has 140 valence electrons. The number of nitrogens with one attached hydrogen (secondary N) is 2. The Morgan fingerprint density at radius 2 is 1.81 bits per heavy atom. The van der Waals surface area contributed by atoms with Crippen LogP contribution in [0.2, 0.25) is 5.02 Å². The predicted molar refractivity (Wildman–Crippen MR) is 98.7 cm³/mol. The number of anilines is 1. The number of hydrogen-bond donors (Lipinski definition) is 2. The van der Waals surface area contributed by atoms with Crippen LogP contribution in [0.1, 0.15) is 19.4 Å². The summed E-state index contributed by atoms with van der Waals surface area (Å²) in [6, 6.07) is 10.4. The second-order valence-electron chi connectivity index (χ2n) is 6.36. The Morgan fingerprint density at radius 3 is 2.48 bits per heavy atom. The molecule has 2 aromatic rings. The van der Waals surface area contributed by atoms with Gasteiger partial charge in [0, 0.05) is 10.6 Å². The Kier molecular flexibility index (Phi) is 4.89. The van der Waals surface area contributed by atoms with Crippen LogP contribution in [0.15, 0.2) is 48.5 Å². The van der Waals surface area contributed by atoms with E-state index in [2.05, 4.69) is 10.6 Å². The van der Waals surface area contributed by atoms with Gasteiger partial charge in [-0.1, -0.05) is 41.9 Å². The van der Waals surface area contributed by atoms with Crippen molar-refractivity contribution in [3.05, 3.63) is 64.9 Å². The molecule has 3 rings (SSSR count). The standard InChI is InChI=1S/C19H17ClFN3O3/c1-11(16(25)22-15-10-6-5-9-14(15)21)24-17(26)19(2,23-18(24)27)12-7-3-4-8-13(12)20/h3-11H,1-2H3,(H,22,25)(H,23,27)/t11-,19-/m1/s1. The van der Waals surface area contributed by atoms with Gasteiger partial charge in [-0.3, -0.25) is 9.59 Å². The molecular weight excluding hydrogens is 373 g/mol. The lowest BCUT2D eigenvalue weighted by Gasteiger charge is -2.25. The minimum Gasteiger partial charge on any atom is -0.322 e. The first-order valence-corrected chi connectivity index (χ1v) is 8.59. The van der Waals surface area contributed by atoms with Crippen molar-refractivity contribution >= 4 is 35.1 Å². The van der Waals surface area contributed by atoms with E-state index in [0.717, 1.165) is 4.90 Å². The SMILES string of the molecule is C[C@H](C(=O)Nc1ccccc1F)N1C(=O)N[C@](C)(c2ccccc2Cl)C1=O. The van der Waals surface area contributed by atoms with Crippen LogP contribution in [-0.4, -0.2) is 28.8 Å². The van der Waals surface area contributed by atoms with Crippen LogP contribution in [-0.2, 0) is 15.1 Å². The highest BCUT2D eigenvalue weighted by Crippen LogP contribution is 2.34. The second-order valence-corrected chi connectivity index (χ2v) is 6.76. The third-order valence-corrected chi connectivity index (χ3v) is 4.86. The van der Waals surface area contributed by atoms with Crippen molar-refractivity contribution in [2.24, 2.45) is 0 Å². The smallest absolute Gasteiger partial charge is 0.322 e. The van der Waals surface area contributed by atoms with E-state index in [1.165, 1.54) is 32.0 Å². The van der Waals surface area contributed by atoms with Crippen molar-refractivity contribution in [2.75, 3.05) is 5.32 Å². The van der Waals surface area contributed by atoms with Gasteiger partial charge in [-0.25, -0.2) is 14.1 Å². The summed E-state index contributed by atoms with van der Waals surface area (Å²) >= 11 is 6.18. The molecule has 1 aliphatic heterocycles. The molecule has 6 nitrogen and oxygen atoms in total. The maximum absolute atomic E-state index is 13.7. The van der Waals surface area contributed by atoms with Crippen molar-refractivity contribution in [3.63, 3.8) is 0 Å². The van der Waals surface area contributed by atoms with E-state index < -0.39 is 35.2 Å². The van der Waals surface area contributed by atoms with Gasteiger partial charge >= 0.3 is 6.03 Å². The van der Waals surface area contributed by atoms with Gasteiger partial charge < -0.3 is 10.6 Å². The van der Waals surface area contributed by atoms with E-state index in [4.69, 9.17) is 11.6 Å². The van der Waals surface area contributed by atoms with Crippen molar-refractivity contribution < 1.29 is 18.8 Å². The van der Waals surface area contributed by atoms with E-state index in [1.54, 1.807) is 30.3 Å². The zero-order valence-electron chi connectivity index (χ0n) is 14.6. The number of carbonyl (C=O) groups excluding carboxylic acids is 3. The Morgan fingerprint density at radius 1 is 1.19 bits per heavy atom. The van der Waals surface area contributed by atoms with Gasteiger partial charge in [0.25, 0.3) is 5.91 Å². The molecule has 2 aromatic carbocycles. The zero-order valence-corrected chi connectivity index (χ0v) is 15.4. The molecule has 0 bridgehead atoms. The lowest BCUT2D eigenvalue weighted by molar-refractivity contribution is -0.136. The van der Waals surface area contributed by atoms with Gasteiger partial charge in [-0.05, 0) is 32.0 Å². The van der Waals surface area contributed by atoms with Gasteiger partial charge in [0.1, 0.15) is 17.4 Å². The number of carbonyl (C=O) groups is 3. The largest absolute Gasteiger partial charge is 0.326 e. The van der Waals surface area contributed by atoms with Gasteiger partial charge in [0.05, 0.1) is 5.69 Å². The van der Waals surface area contributed by atoms with E-state index in [1.807, 2.05) is 0 Å². The van der Waals surface area contributed by atoms with Crippen molar-refractivity contribution in [1.82, 2.24) is 10.2 Å². The van der Waals surface area contributed by atoms with Gasteiger partial charge in [-0.15, -0.1) is 0 Å². The van der Waals surface area contributed by atoms with E-state index in [0.29, 0.717) is 10.6 Å². The van der Waals surface area contributed by atoms with E-state index >= 15 is 0 Å². The number of nitrogens with zero attached hydrogens (tertiary/aromatic N) is 1. The molecule has 1 fully saturated rings. The highest BCUT2D eigenvalue weighted by molar-refractivity contribution is 6.32. The minimum atomic E-state index is -1.40. The molecular formula is C19H17ClFN3O3. The van der Waals surface area contributed by atoms with E-state index in [-0.39, 0.29) is 5.69 Å². The average Bonchev–Trinajstić information content (AvgIpc) is 2.86. The molecule has 0 spiro atoms. The highest BCUT2D eigenvalue weighted by atomic mass is 35.5. The third-order valence-electron chi connectivity index (χ3n) is 4.53. The molecule has 27 heavy (non-hydrogen) atoms. The molecule has 1 saturated heterocycles. The maximum atomic E-state index is 13.7. The molecule has 2 N–H and O–H groups in total. The van der Waals surface area contributed by atoms with Crippen LogP contribution in [0, 0.1) is 5.82 Å². The number of para-hydroxylation sites is 1. The van der Waals surface area contributed by atoms with Gasteiger partial charge in [-0.2, -0.15) is 0 Å². The molecule has 1 aliphatic rings. The van der Waals surface area contributed by atoms with Crippen LogP contribution in [0.4, 0.5) is 14.9 Å². The summed E-state index contributed by atoms with van der Waals surface area (Å²) in [5.74, 6) is -1.92. The molecule has 0 aliphatic carbocycles. The number of benzene rings is 2. The number of imide groups is 1. The molecule has 4 amide bonds. The summed E-state index contributed by atoms with van der Waals surface area (Å²) in [7, 11) is 0. The van der Waals surface area contributed by atoms with Crippen molar-refractivity contribution in [1.29, 1.82) is 0 Å². The highest BCUT2D eigenvalue weighted by Gasteiger charge is 2.52. The lowest BCUT2D eigenvalue weighted by atomic mass is 9.91. The number of urea groups is 1. The summed E-state index contributed by atoms with van der Waals surface area (Å²) < 4.78 is 13.7. The monoisotopic (exact) mass is 389 g/mol. The molecule has 0 unspecified atom stereocenters. The lowest BCUT2D eigenvalue weighted by Crippen LogP contribution is -2.47. The quantitative estimate of drug-likeness (QED) is 0.788. The normalized spacial score (nSPS) is 20.4. The van der Waals surface area contributed by atoms with Crippen LogP contribution < -0.4 is 10.6 Å². The fraction of sp³-hybridized carbons (Fsp3) is 0.211. The Balaban J connectivity index is 1.85. The summed E-state index contributed by atoms with van der Waals surface area (Å²) in [5.41, 5.74) is -1.01. The van der Waals surface area contributed by atoms with E-state index in [9.17, 15) is 18.8 Å². The van der Waals surface area contributed by atoms with Crippen molar-refractivity contribution in [3.8, 4) is 0 Å².